The second kappa shape index (κ2) is 7.53. The fourth-order valence-electron chi connectivity index (χ4n) is 0.809. The van der Waals surface area contributed by atoms with Gasteiger partial charge >= 0.3 is 0 Å². The van der Waals surface area contributed by atoms with Crippen LogP contribution >= 0.6 is 26.6 Å². The van der Waals surface area contributed by atoms with Gasteiger partial charge in [0.1, 0.15) is 5.82 Å². The molecule has 1 aromatic carbocycles. The highest BCUT2D eigenvalue weighted by atomic mass is 79.9. The molecule has 0 aliphatic rings. The van der Waals surface area contributed by atoms with Gasteiger partial charge in [-0.15, -0.1) is 0 Å². The van der Waals surface area contributed by atoms with E-state index >= 15 is 0 Å². The molecule has 0 aliphatic carbocycles. The molecule has 0 unspecified atom stereocenters. The smallest absolute Gasteiger partial charge is 0.264 e. The summed E-state index contributed by atoms with van der Waals surface area (Å²) in [6, 6.07) is 4.33. The van der Waals surface area contributed by atoms with Crippen molar-refractivity contribution in [3.8, 4) is 0 Å². The predicted molar refractivity (Wildman–Crippen MR) is 74.4 cm³/mol. The molecule has 0 atom stereocenters. The van der Waals surface area contributed by atoms with Crippen LogP contribution in [0.4, 0.5) is 4.39 Å². The van der Waals surface area contributed by atoms with Gasteiger partial charge in [-0.2, -0.15) is 8.42 Å². The molecule has 1 rings (SSSR count). The average Bonchev–Trinajstić information content (AvgIpc) is 2.11. The van der Waals surface area contributed by atoms with Crippen molar-refractivity contribution in [1.82, 2.24) is 0 Å². The van der Waals surface area contributed by atoms with Crippen molar-refractivity contribution in [2.75, 3.05) is 12.5 Å². The van der Waals surface area contributed by atoms with E-state index in [4.69, 9.17) is 0 Å². The molecule has 0 fully saturated rings. The summed E-state index contributed by atoms with van der Waals surface area (Å²) in [6.45, 7) is -0.280. The van der Waals surface area contributed by atoms with E-state index in [1.807, 2.05) is 0 Å². The molecule has 0 heterocycles. The summed E-state index contributed by atoms with van der Waals surface area (Å²) >= 11 is 3.09. The Morgan fingerprint density at radius 2 is 1.74 bits per heavy atom. The van der Waals surface area contributed by atoms with Crippen molar-refractivity contribution in [1.29, 1.82) is 0 Å². The Morgan fingerprint density at radius 3 is 2.11 bits per heavy atom. The lowest BCUT2D eigenvalue weighted by molar-refractivity contribution is 0.306. The molecule has 110 valence electrons. The van der Waals surface area contributed by atoms with Crippen LogP contribution in [-0.2, 0) is 30.0 Å². The van der Waals surface area contributed by atoms with Gasteiger partial charge in [0.15, 0.2) is 0 Å². The van der Waals surface area contributed by atoms with Gasteiger partial charge in [0.05, 0.1) is 19.1 Å². The Hall–Kier alpha value is -0.220. The first-order chi connectivity index (χ1) is 8.38. The van der Waals surface area contributed by atoms with E-state index < -0.39 is 25.0 Å². The summed E-state index contributed by atoms with van der Waals surface area (Å²) in [4.78, 5) is 0. The lowest BCUT2D eigenvalue weighted by Crippen LogP contribution is -2.03. The van der Waals surface area contributed by atoms with Gasteiger partial charge in [0.25, 0.3) is 10.1 Å². The summed E-state index contributed by atoms with van der Waals surface area (Å²) in [6.07, 6.45) is 1.85. The summed E-state index contributed by atoms with van der Waals surface area (Å²) in [5.74, 6) is -0.497. The number of rotatable bonds is 3. The standard InChI is InChI=1S/C8H8BrFO3S.CH3ClO2S/c1-14(11,12)13-5-6-2-3-7(9)4-8(6)10;1-5(2,3)4/h2-4H,5H2,1H3;1H3. The number of hydrogen-bond acceptors (Lipinski definition) is 5. The van der Waals surface area contributed by atoms with Gasteiger partial charge < -0.3 is 0 Å². The Bertz CT molecular complexity index is 622. The van der Waals surface area contributed by atoms with E-state index in [1.54, 1.807) is 6.07 Å². The van der Waals surface area contributed by atoms with Crippen LogP contribution in [0.25, 0.3) is 0 Å². The van der Waals surface area contributed by atoms with Crippen LogP contribution in [0.2, 0.25) is 0 Å². The SMILES string of the molecule is CS(=O)(=O)Cl.CS(=O)(=O)OCc1ccc(Br)cc1F. The molecule has 1 aromatic rings. The zero-order valence-corrected chi connectivity index (χ0v) is 13.9. The maximum Gasteiger partial charge on any atom is 0.264 e. The van der Waals surface area contributed by atoms with Gasteiger partial charge in [0.2, 0.25) is 9.05 Å². The zero-order chi connectivity index (χ0) is 15.3. The number of benzene rings is 1. The summed E-state index contributed by atoms with van der Waals surface area (Å²) < 4.78 is 58.2. The third kappa shape index (κ3) is 12.6. The lowest BCUT2D eigenvalue weighted by Gasteiger charge is -2.03. The molecule has 0 saturated carbocycles. The van der Waals surface area contributed by atoms with Crippen molar-refractivity contribution in [3.63, 3.8) is 0 Å². The quantitative estimate of drug-likeness (QED) is 0.577. The van der Waals surface area contributed by atoms with Crippen molar-refractivity contribution < 1.29 is 25.4 Å². The topological polar surface area (TPSA) is 77.5 Å². The van der Waals surface area contributed by atoms with Crippen LogP contribution in [0.1, 0.15) is 5.56 Å². The molecule has 0 amide bonds. The van der Waals surface area contributed by atoms with E-state index in [1.165, 1.54) is 12.1 Å². The van der Waals surface area contributed by atoms with Crippen LogP contribution in [0.3, 0.4) is 0 Å². The monoisotopic (exact) mass is 396 g/mol. The van der Waals surface area contributed by atoms with Crippen LogP contribution in [0, 0.1) is 5.82 Å². The molecular weight excluding hydrogens is 387 g/mol. The molecule has 0 bridgehead atoms. The minimum atomic E-state index is -3.53. The Balaban J connectivity index is 0.000000555. The van der Waals surface area contributed by atoms with Crippen LogP contribution < -0.4 is 0 Å². The maximum atomic E-state index is 13.1. The largest absolute Gasteiger partial charge is 0.265 e. The van der Waals surface area contributed by atoms with E-state index in [0.29, 0.717) is 4.47 Å². The minimum Gasteiger partial charge on any atom is -0.265 e. The molecule has 0 spiro atoms. The Labute approximate surface area is 124 Å². The highest BCUT2D eigenvalue weighted by Crippen LogP contribution is 2.16. The van der Waals surface area contributed by atoms with Crippen molar-refractivity contribution in [2.45, 2.75) is 6.61 Å². The Morgan fingerprint density at radius 1 is 1.26 bits per heavy atom. The molecule has 10 heteroatoms. The number of halogens is 3. The van der Waals surface area contributed by atoms with Crippen molar-refractivity contribution >= 4 is 45.8 Å². The normalized spacial score (nSPS) is 11.6. The predicted octanol–water partition coefficient (Wildman–Crippen LogP) is 2.25. The second-order valence-electron chi connectivity index (χ2n) is 3.38. The molecule has 0 aromatic heterocycles. The van der Waals surface area contributed by atoms with Gasteiger partial charge in [-0.25, -0.2) is 12.8 Å². The first kappa shape index (κ1) is 18.8. The van der Waals surface area contributed by atoms with Crippen molar-refractivity contribution in [2.24, 2.45) is 0 Å². The first-order valence-electron chi connectivity index (χ1n) is 4.56. The molecule has 0 saturated heterocycles. The zero-order valence-electron chi connectivity index (χ0n) is 9.93. The molecule has 19 heavy (non-hydrogen) atoms. The maximum absolute atomic E-state index is 13.1. The highest BCUT2D eigenvalue weighted by molar-refractivity contribution is 9.10. The van der Waals surface area contributed by atoms with Gasteiger partial charge in [-0.05, 0) is 12.1 Å². The fraction of sp³-hybridized carbons (Fsp3) is 0.333. The summed E-state index contributed by atoms with van der Waals surface area (Å²) in [5, 5.41) is 0. The van der Waals surface area contributed by atoms with Gasteiger partial charge in [-0.1, -0.05) is 22.0 Å². The molecule has 5 nitrogen and oxygen atoms in total. The van der Waals surface area contributed by atoms with Crippen LogP contribution in [0.5, 0.6) is 0 Å². The molecular formula is C9H11BrClFO5S2. The van der Waals surface area contributed by atoms with Crippen molar-refractivity contribution in [3.05, 3.63) is 34.1 Å². The minimum absolute atomic E-state index is 0.207. The Kier molecular flexibility index (Phi) is 7.45. The molecule has 0 radical (unpaired) electrons. The summed E-state index contributed by atoms with van der Waals surface area (Å²) in [7, 11) is -2.22. The van der Waals surface area contributed by atoms with Gasteiger partial charge in [-0.3, -0.25) is 4.18 Å². The van der Waals surface area contributed by atoms with E-state index in [9.17, 15) is 21.2 Å². The highest BCUT2D eigenvalue weighted by Gasteiger charge is 2.07. The molecule has 0 N–H and O–H groups in total. The van der Waals surface area contributed by atoms with Gasteiger partial charge in [0, 0.05) is 20.7 Å². The third-order valence-corrected chi connectivity index (χ3v) is 2.48. The van der Waals surface area contributed by atoms with Crippen LogP contribution in [-0.4, -0.2) is 29.3 Å². The van der Waals surface area contributed by atoms with E-state index in [2.05, 4.69) is 30.8 Å². The third-order valence-electron chi connectivity index (χ3n) is 1.44. The number of hydrogen-bond donors (Lipinski definition) is 0. The van der Waals surface area contributed by atoms with E-state index in [0.717, 1.165) is 12.5 Å². The first-order valence-corrected chi connectivity index (χ1v) is 9.89. The van der Waals surface area contributed by atoms with Crippen LogP contribution in [0.15, 0.2) is 22.7 Å². The average molecular weight is 398 g/mol. The lowest BCUT2D eigenvalue weighted by atomic mass is 10.2. The fourth-order valence-corrected chi connectivity index (χ4v) is 1.48. The molecule has 0 aliphatic heterocycles. The van der Waals surface area contributed by atoms with E-state index in [-0.39, 0.29) is 12.2 Å². The second-order valence-corrected chi connectivity index (χ2v) is 8.99. The summed E-state index contributed by atoms with van der Waals surface area (Å²) in [5.41, 5.74) is 0.207.